The van der Waals surface area contributed by atoms with Crippen molar-refractivity contribution in [3.05, 3.63) is 29.8 Å². The second kappa shape index (κ2) is 9.00. The fourth-order valence-electron chi connectivity index (χ4n) is 1.56. The highest BCUT2D eigenvalue weighted by Gasteiger charge is 2.15. The normalized spacial score (nSPS) is 11.2. The first-order valence-corrected chi connectivity index (χ1v) is 6.71. The zero-order chi connectivity index (χ0) is 14.8. The third-order valence-corrected chi connectivity index (χ3v) is 2.62. The van der Waals surface area contributed by atoms with Gasteiger partial charge >= 0.3 is 5.97 Å². The number of benzene rings is 1. The molecule has 1 aromatic rings. The maximum Gasteiger partial charge on any atom is 0.323 e. The van der Waals surface area contributed by atoms with Gasteiger partial charge in [0.1, 0.15) is 18.4 Å². The first kappa shape index (κ1) is 16.1. The van der Waals surface area contributed by atoms with E-state index >= 15 is 0 Å². The van der Waals surface area contributed by atoms with E-state index < -0.39 is 6.04 Å². The molecule has 0 heterocycles. The summed E-state index contributed by atoms with van der Waals surface area (Å²) in [7, 11) is 0. The van der Waals surface area contributed by atoms with Crippen LogP contribution in [0.3, 0.4) is 0 Å². The highest BCUT2D eigenvalue weighted by atomic mass is 16.5. The Kier molecular flexibility index (Phi) is 7.23. The van der Waals surface area contributed by atoms with Gasteiger partial charge < -0.3 is 15.2 Å². The summed E-state index contributed by atoms with van der Waals surface area (Å²) < 4.78 is 10.4. The van der Waals surface area contributed by atoms with Crippen LogP contribution in [0.2, 0.25) is 0 Å². The van der Waals surface area contributed by atoms with E-state index in [1.165, 1.54) is 0 Å². The van der Waals surface area contributed by atoms with E-state index in [0.29, 0.717) is 19.6 Å². The second-order valence-corrected chi connectivity index (χ2v) is 4.34. The number of carbonyl (C=O) groups is 1. The summed E-state index contributed by atoms with van der Waals surface area (Å²) in [5.74, 6) is 5.98. The van der Waals surface area contributed by atoms with Gasteiger partial charge in [-0.2, -0.15) is 0 Å². The third-order valence-electron chi connectivity index (χ3n) is 2.62. The Morgan fingerprint density at radius 1 is 1.35 bits per heavy atom. The third kappa shape index (κ3) is 5.77. The van der Waals surface area contributed by atoms with E-state index in [9.17, 15) is 4.79 Å². The number of carbonyl (C=O) groups excluding carboxylic acids is 1. The number of nitrogens with two attached hydrogens (primary N) is 1. The summed E-state index contributed by atoms with van der Waals surface area (Å²) in [6.07, 6.45) is 1.25. The minimum absolute atomic E-state index is 0.356. The van der Waals surface area contributed by atoms with E-state index in [0.717, 1.165) is 17.7 Å². The predicted octanol–water partition coefficient (Wildman–Crippen LogP) is 1.91. The average molecular weight is 275 g/mol. The predicted molar refractivity (Wildman–Crippen MR) is 78.3 cm³/mol. The molecule has 20 heavy (non-hydrogen) atoms. The van der Waals surface area contributed by atoms with Gasteiger partial charge in [0.15, 0.2) is 0 Å². The number of rotatable bonds is 7. The molecule has 0 unspecified atom stereocenters. The van der Waals surface area contributed by atoms with Crippen LogP contribution in [0.25, 0.3) is 0 Å². The molecule has 0 aliphatic carbocycles. The lowest BCUT2D eigenvalue weighted by atomic mass is 10.1. The van der Waals surface area contributed by atoms with Gasteiger partial charge in [0.05, 0.1) is 6.61 Å². The maximum atomic E-state index is 11.6. The molecule has 0 saturated carbocycles. The number of hydrogen-bond acceptors (Lipinski definition) is 4. The number of ether oxygens (including phenoxy) is 2. The largest absolute Gasteiger partial charge is 0.481 e. The zero-order valence-corrected chi connectivity index (χ0v) is 12.0. The molecule has 1 rings (SSSR count). The van der Waals surface area contributed by atoms with Crippen molar-refractivity contribution in [1.29, 1.82) is 0 Å². The number of hydrogen-bond donors (Lipinski definition) is 1. The molecule has 0 aliphatic rings. The van der Waals surface area contributed by atoms with Gasteiger partial charge in [0, 0.05) is 0 Å². The summed E-state index contributed by atoms with van der Waals surface area (Å²) in [6.45, 7) is 4.50. The fourth-order valence-corrected chi connectivity index (χ4v) is 1.56. The number of esters is 1. The topological polar surface area (TPSA) is 61.5 Å². The Morgan fingerprint density at radius 3 is 2.65 bits per heavy atom. The lowest BCUT2D eigenvalue weighted by Crippen LogP contribution is -2.34. The molecular weight excluding hydrogens is 254 g/mol. The minimum atomic E-state index is -0.626. The van der Waals surface area contributed by atoms with Gasteiger partial charge in [0.2, 0.25) is 0 Å². The highest BCUT2D eigenvalue weighted by Crippen LogP contribution is 2.13. The van der Waals surface area contributed by atoms with E-state index in [-0.39, 0.29) is 5.97 Å². The Balaban J connectivity index is 2.47. The van der Waals surface area contributed by atoms with Gasteiger partial charge in [-0.15, -0.1) is 5.92 Å². The van der Waals surface area contributed by atoms with Crippen LogP contribution in [-0.4, -0.2) is 25.2 Å². The Labute approximate surface area is 120 Å². The van der Waals surface area contributed by atoms with Crippen LogP contribution in [0.1, 0.15) is 25.8 Å². The van der Waals surface area contributed by atoms with Crippen LogP contribution in [-0.2, 0) is 16.0 Å². The molecule has 0 saturated heterocycles. The second-order valence-electron chi connectivity index (χ2n) is 4.34. The van der Waals surface area contributed by atoms with Crippen LogP contribution in [0.15, 0.2) is 24.3 Å². The van der Waals surface area contributed by atoms with E-state index in [4.69, 9.17) is 15.2 Å². The molecule has 0 radical (unpaired) electrons. The molecule has 0 aromatic heterocycles. The van der Waals surface area contributed by atoms with E-state index in [1.54, 1.807) is 6.92 Å². The fraction of sp³-hybridized carbons (Fsp3) is 0.438. The Morgan fingerprint density at radius 2 is 2.05 bits per heavy atom. The maximum absolute atomic E-state index is 11.6. The lowest BCUT2D eigenvalue weighted by molar-refractivity contribution is -0.145. The molecule has 0 aliphatic heterocycles. The van der Waals surface area contributed by atoms with Gasteiger partial charge in [-0.25, -0.2) is 0 Å². The van der Waals surface area contributed by atoms with Crippen molar-refractivity contribution < 1.29 is 14.3 Å². The standard InChI is InChI=1S/C16H21NO3/c1-3-5-11-19-14-8-6-13(7-9-14)12-15(17)16(18)20-10-4-2/h6-9,15H,4,10-12,17H2,1-2H3/t15-/m0/s1. The summed E-state index contributed by atoms with van der Waals surface area (Å²) in [6, 6.07) is 6.84. The summed E-state index contributed by atoms with van der Waals surface area (Å²) >= 11 is 0. The highest BCUT2D eigenvalue weighted by molar-refractivity contribution is 5.75. The van der Waals surface area contributed by atoms with Crippen molar-refractivity contribution in [1.82, 2.24) is 0 Å². The average Bonchev–Trinajstić information content (AvgIpc) is 2.46. The van der Waals surface area contributed by atoms with Crippen molar-refractivity contribution >= 4 is 5.97 Å². The summed E-state index contributed by atoms with van der Waals surface area (Å²) in [5.41, 5.74) is 6.77. The van der Waals surface area contributed by atoms with Gasteiger partial charge in [0.25, 0.3) is 0 Å². The molecule has 0 amide bonds. The van der Waals surface area contributed by atoms with Gasteiger partial charge in [-0.3, -0.25) is 4.79 Å². The van der Waals surface area contributed by atoms with Crippen LogP contribution >= 0.6 is 0 Å². The molecule has 0 spiro atoms. The molecule has 1 atom stereocenters. The Hall–Kier alpha value is -1.99. The first-order valence-electron chi connectivity index (χ1n) is 6.71. The SMILES string of the molecule is CC#CCOc1ccc(C[C@H](N)C(=O)OCCC)cc1. The molecule has 1 aromatic carbocycles. The molecule has 0 fully saturated rings. The van der Waals surface area contributed by atoms with Crippen molar-refractivity contribution in [2.45, 2.75) is 32.7 Å². The first-order chi connectivity index (χ1) is 9.67. The lowest BCUT2D eigenvalue weighted by Gasteiger charge is -2.11. The van der Waals surface area contributed by atoms with Crippen LogP contribution in [0.5, 0.6) is 5.75 Å². The van der Waals surface area contributed by atoms with Gasteiger partial charge in [-0.05, 0) is 37.5 Å². The molecular formula is C16H21NO3. The summed E-state index contributed by atoms with van der Waals surface area (Å²) in [5, 5.41) is 0. The van der Waals surface area contributed by atoms with Crippen molar-refractivity contribution in [3.8, 4) is 17.6 Å². The van der Waals surface area contributed by atoms with Crippen molar-refractivity contribution in [2.75, 3.05) is 13.2 Å². The quantitative estimate of drug-likeness (QED) is 0.610. The van der Waals surface area contributed by atoms with Crippen molar-refractivity contribution in [3.63, 3.8) is 0 Å². The van der Waals surface area contributed by atoms with Crippen molar-refractivity contribution in [2.24, 2.45) is 5.73 Å². The van der Waals surface area contributed by atoms with E-state index in [2.05, 4.69) is 11.8 Å². The minimum Gasteiger partial charge on any atom is -0.481 e. The van der Waals surface area contributed by atoms with Crippen LogP contribution < -0.4 is 10.5 Å². The van der Waals surface area contributed by atoms with Crippen LogP contribution in [0, 0.1) is 11.8 Å². The molecule has 108 valence electrons. The van der Waals surface area contributed by atoms with Gasteiger partial charge in [-0.1, -0.05) is 25.0 Å². The zero-order valence-electron chi connectivity index (χ0n) is 12.0. The molecule has 4 heteroatoms. The van der Waals surface area contributed by atoms with E-state index in [1.807, 2.05) is 31.2 Å². The smallest absolute Gasteiger partial charge is 0.323 e. The monoisotopic (exact) mass is 275 g/mol. The Bertz CT molecular complexity index is 471. The molecule has 2 N–H and O–H groups in total. The molecule has 4 nitrogen and oxygen atoms in total. The molecule has 0 bridgehead atoms. The summed E-state index contributed by atoms with van der Waals surface area (Å²) in [4.78, 5) is 11.6. The van der Waals surface area contributed by atoms with Crippen LogP contribution in [0.4, 0.5) is 0 Å².